The molecule has 3 rings (SSSR count). The fourth-order valence-electron chi connectivity index (χ4n) is 3.45. The zero-order chi connectivity index (χ0) is 21.2. The number of likely N-dealkylation sites (N-methyl/N-ethyl adjacent to an activating group) is 1. The third-order valence-electron chi connectivity index (χ3n) is 4.86. The fraction of sp³-hybridized carbons (Fsp3) is 0.400. The number of amides is 2. The van der Waals surface area contributed by atoms with Crippen LogP contribution in [0.5, 0.6) is 0 Å². The molecule has 0 bridgehead atoms. The zero-order valence-corrected chi connectivity index (χ0v) is 17.7. The normalized spacial score (nSPS) is 14.4. The number of H-pyrrole nitrogens is 1. The van der Waals surface area contributed by atoms with Gasteiger partial charge < -0.3 is 15.2 Å². The molecule has 2 heterocycles. The summed E-state index contributed by atoms with van der Waals surface area (Å²) >= 11 is 0. The summed E-state index contributed by atoms with van der Waals surface area (Å²) in [6.07, 6.45) is 3.20. The fourth-order valence-corrected chi connectivity index (χ4v) is 4.57. The van der Waals surface area contributed by atoms with Crippen LogP contribution in [0, 0.1) is 13.8 Å². The number of anilines is 1. The van der Waals surface area contributed by atoms with E-state index in [0.29, 0.717) is 18.8 Å². The number of aryl methyl sites for hydroxylation is 2. The Morgan fingerprint density at radius 1 is 1.10 bits per heavy atom. The van der Waals surface area contributed by atoms with Crippen LogP contribution in [0.2, 0.25) is 0 Å². The lowest BCUT2D eigenvalue weighted by molar-refractivity contribution is -0.116. The Labute approximate surface area is 170 Å². The van der Waals surface area contributed by atoms with E-state index in [1.165, 1.54) is 19.3 Å². The van der Waals surface area contributed by atoms with Gasteiger partial charge in [0.05, 0.1) is 6.54 Å². The Morgan fingerprint density at radius 2 is 1.72 bits per heavy atom. The number of hydrogen-bond donors (Lipinski definition) is 2. The van der Waals surface area contributed by atoms with E-state index in [0.717, 1.165) is 28.3 Å². The van der Waals surface area contributed by atoms with Gasteiger partial charge in [-0.3, -0.25) is 9.59 Å². The van der Waals surface area contributed by atoms with Crippen LogP contribution in [-0.4, -0.2) is 61.1 Å². The lowest BCUT2D eigenvalue weighted by Crippen LogP contribution is -2.34. The number of carbonyl (C=O) groups is 2. The molecule has 1 saturated heterocycles. The molecule has 2 aromatic rings. The summed E-state index contributed by atoms with van der Waals surface area (Å²) in [5.74, 6) is -0.649. The van der Waals surface area contributed by atoms with Crippen molar-refractivity contribution in [3.05, 3.63) is 47.3 Å². The number of likely N-dealkylation sites (tertiary alicyclic amines) is 1. The SMILES string of the molecule is Cc1cc(C)cc(NC(=O)CN(C)S(=O)(=O)c2c[nH]c(C(=O)N3CCCC3)c2)c1. The largest absolute Gasteiger partial charge is 0.356 e. The summed E-state index contributed by atoms with van der Waals surface area (Å²) in [6, 6.07) is 6.96. The molecule has 0 radical (unpaired) electrons. The minimum Gasteiger partial charge on any atom is -0.356 e. The first-order valence-electron chi connectivity index (χ1n) is 9.49. The summed E-state index contributed by atoms with van der Waals surface area (Å²) in [5.41, 5.74) is 2.87. The van der Waals surface area contributed by atoms with E-state index < -0.39 is 15.9 Å². The molecule has 8 nitrogen and oxygen atoms in total. The van der Waals surface area contributed by atoms with E-state index in [4.69, 9.17) is 0 Å². The van der Waals surface area contributed by atoms with Crippen molar-refractivity contribution in [1.82, 2.24) is 14.2 Å². The first-order valence-corrected chi connectivity index (χ1v) is 10.9. The third kappa shape index (κ3) is 4.86. The number of nitrogens with one attached hydrogen (secondary N) is 2. The summed E-state index contributed by atoms with van der Waals surface area (Å²) in [5, 5.41) is 2.72. The molecular formula is C20H26N4O4S. The number of sulfonamides is 1. The molecule has 9 heteroatoms. The molecule has 2 amide bonds. The van der Waals surface area contributed by atoms with E-state index in [2.05, 4.69) is 10.3 Å². The number of benzene rings is 1. The average Bonchev–Trinajstić information content (AvgIpc) is 3.32. The number of nitrogens with zero attached hydrogens (tertiary/aromatic N) is 2. The topological polar surface area (TPSA) is 103 Å². The van der Waals surface area contributed by atoms with E-state index in [-0.39, 0.29) is 23.0 Å². The lowest BCUT2D eigenvalue weighted by atomic mass is 10.1. The van der Waals surface area contributed by atoms with Gasteiger partial charge >= 0.3 is 0 Å². The van der Waals surface area contributed by atoms with Gasteiger partial charge in [0.15, 0.2) is 0 Å². The van der Waals surface area contributed by atoms with Crippen LogP contribution in [0.25, 0.3) is 0 Å². The van der Waals surface area contributed by atoms with Gasteiger partial charge in [0, 0.05) is 32.0 Å². The van der Waals surface area contributed by atoms with Gasteiger partial charge in [0.1, 0.15) is 10.6 Å². The highest BCUT2D eigenvalue weighted by Gasteiger charge is 2.27. The first kappa shape index (κ1) is 21.1. The molecule has 1 aliphatic rings. The highest BCUT2D eigenvalue weighted by Crippen LogP contribution is 2.19. The number of aromatic amines is 1. The summed E-state index contributed by atoms with van der Waals surface area (Å²) < 4.78 is 26.5. The maximum Gasteiger partial charge on any atom is 0.270 e. The molecule has 0 saturated carbocycles. The van der Waals surface area contributed by atoms with Crippen LogP contribution in [0.1, 0.15) is 34.5 Å². The predicted octanol–water partition coefficient (Wildman–Crippen LogP) is 2.13. The average molecular weight is 419 g/mol. The van der Waals surface area contributed by atoms with Gasteiger partial charge in [-0.05, 0) is 56.0 Å². The van der Waals surface area contributed by atoms with Crippen molar-refractivity contribution in [3.63, 3.8) is 0 Å². The molecule has 1 aliphatic heterocycles. The molecule has 0 atom stereocenters. The molecule has 0 spiro atoms. The van der Waals surface area contributed by atoms with Gasteiger partial charge in [0.2, 0.25) is 15.9 Å². The van der Waals surface area contributed by atoms with Crippen LogP contribution < -0.4 is 5.32 Å². The van der Waals surface area contributed by atoms with E-state index in [1.54, 1.807) is 4.90 Å². The van der Waals surface area contributed by atoms with Crippen molar-refractivity contribution in [2.24, 2.45) is 0 Å². The zero-order valence-electron chi connectivity index (χ0n) is 16.9. The Bertz CT molecular complexity index is 1000. The third-order valence-corrected chi connectivity index (χ3v) is 6.64. The highest BCUT2D eigenvalue weighted by molar-refractivity contribution is 7.89. The van der Waals surface area contributed by atoms with Crippen molar-refractivity contribution in [3.8, 4) is 0 Å². The second-order valence-corrected chi connectivity index (χ2v) is 9.48. The minimum absolute atomic E-state index is 0.0400. The molecule has 0 aliphatic carbocycles. The van der Waals surface area contributed by atoms with Crippen LogP contribution in [0.15, 0.2) is 35.4 Å². The van der Waals surface area contributed by atoms with Crippen molar-refractivity contribution in [1.29, 1.82) is 0 Å². The summed E-state index contributed by atoms with van der Waals surface area (Å²) in [7, 11) is -2.57. The highest BCUT2D eigenvalue weighted by atomic mass is 32.2. The Hall–Kier alpha value is -2.65. The maximum absolute atomic E-state index is 12.8. The molecule has 2 N–H and O–H groups in total. The van der Waals surface area contributed by atoms with Crippen molar-refractivity contribution < 1.29 is 18.0 Å². The van der Waals surface area contributed by atoms with E-state index in [9.17, 15) is 18.0 Å². The van der Waals surface area contributed by atoms with Crippen molar-refractivity contribution >= 4 is 27.5 Å². The smallest absolute Gasteiger partial charge is 0.270 e. The maximum atomic E-state index is 12.8. The van der Waals surface area contributed by atoms with Crippen molar-refractivity contribution in [2.75, 3.05) is 32.0 Å². The number of aromatic nitrogens is 1. The van der Waals surface area contributed by atoms with Gasteiger partial charge in [-0.25, -0.2) is 8.42 Å². The quantitative estimate of drug-likeness (QED) is 0.750. The number of rotatable bonds is 6. The van der Waals surface area contributed by atoms with Crippen LogP contribution in [0.4, 0.5) is 5.69 Å². The van der Waals surface area contributed by atoms with E-state index >= 15 is 0 Å². The molecule has 1 aromatic heterocycles. The lowest BCUT2D eigenvalue weighted by Gasteiger charge is -2.16. The first-order chi connectivity index (χ1) is 13.7. The Morgan fingerprint density at radius 3 is 2.34 bits per heavy atom. The Balaban J connectivity index is 1.67. The van der Waals surface area contributed by atoms with Gasteiger partial charge in [-0.15, -0.1) is 0 Å². The predicted molar refractivity (Wildman–Crippen MR) is 110 cm³/mol. The molecule has 1 aromatic carbocycles. The standard InChI is InChI=1S/C20H26N4O4S/c1-14-8-15(2)10-16(9-14)22-19(25)13-23(3)29(27,28)17-11-18(21-12-17)20(26)24-6-4-5-7-24/h8-12,21H,4-7,13H2,1-3H3,(H,22,25). The van der Waals surface area contributed by atoms with Crippen LogP contribution in [0.3, 0.4) is 0 Å². The molecule has 29 heavy (non-hydrogen) atoms. The second-order valence-electron chi connectivity index (χ2n) is 7.43. The van der Waals surface area contributed by atoms with Crippen LogP contribution in [-0.2, 0) is 14.8 Å². The second kappa shape index (κ2) is 8.38. The molecule has 0 unspecified atom stereocenters. The van der Waals surface area contributed by atoms with Gasteiger partial charge in [-0.2, -0.15) is 4.31 Å². The number of carbonyl (C=O) groups excluding carboxylic acids is 2. The Kier molecular flexibility index (Phi) is 6.09. The molecule has 1 fully saturated rings. The molecule has 156 valence electrons. The summed E-state index contributed by atoms with van der Waals surface area (Å²) in [4.78, 5) is 29.1. The molecular weight excluding hydrogens is 392 g/mol. The van der Waals surface area contributed by atoms with Gasteiger partial charge in [-0.1, -0.05) is 6.07 Å². The van der Waals surface area contributed by atoms with Crippen molar-refractivity contribution in [2.45, 2.75) is 31.6 Å². The van der Waals surface area contributed by atoms with Crippen LogP contribution >= 0.6 is 0 Å². The van der Waals surface area contributed by atoms with E-state index in [1.807, 2.05) is 32.0 Å². The number of hydrogen-bond acceptors (Lipinski definition) is 4. The monoisotopic (exact) mass is 418 g/mol. The minimum atomic E-state index is -3.91. The van der Waals surface area contributed by atoms with Gasteiger partial charge in [0.25, 0.3) is 5.91 Å². The summed E-state index contributed by atoms with van der Waals surface area (Å²) in [6.45, 7) is 4.87.